The van der Waals surface area contributed by atoms with Crippen molar-refractivity contribution >= 4 is 11.0 Å². The second-order valence-electron chi connectivity index (χ2n) is 1.80. The maximum Gasteiger partial charge on any atom is 0.327 e. The summed E-state index contributed by atoms with van der Waals surface area (Å²) in [5, 5.41) is 14.5. The molecule has 6 nitrogen and oxygen atoms in total. The summed E-state index contributed by atoms with van der Waals surface area (Å²) in [4.78, 5) is 10.8. The van der Waals surface area contributed by atoms with Crippen molar-refractivity contribution in [3.63, 3.8) is 0 Å². The second-order valence-corrected chi connectivity index (χ2v) is 1.80. The van der Waals surface area contributed by atoms with Gasteiger partial charge in [-0.05, 0) is 0 Å². The van der Waals surface area contributed by atoms with E-state index in [2.05, 4.69) is 25.6 Å². The molecule has 2 rings (SSSR count). The minimum atomic E-state index is -0.272. The quantitative estimate of drug-likeness (QED) is 0.462. The number of rotatable bonds is 0. The molecular formula is C4H4N5O+. The Balaban J connectivity index is 3.09. The van der Waals surface area contributed by atoms with Crippen LogP contribution < -0.4 is 10.7 Å². The minimum absolute atomic E-state index is 0.272. The van der Waals surface area contributed by atoms with Crippen LogP contribution in [-0.2, 0) is 0 Å². The van der Waals surface area contributed by atoms with Gasteiger partial charge in [-0.15, -0.1) is 20.4 Å². The zero-order valence-electron chi connectivity index (χ0n) is 4.88. The van der Waals surface area contributed by atoms with E-state index in [9.17, 15) is 4.79 Å². The third-order valence-corrected chi connectivity index (χ3v) is 1.18. The van der Waals surface area contributed by atoms with E-state index in [-0.39, 0.29) is 5.56 Å². The monoisotopic (exact) mass is 138 g/mol. The van der Waals surface area contributed by atoms with Gasteiger partial charge in [0.25, 0.3) is 0 Å². The number of hydrogen-bond acceptors (Lipinski definition) is 3. The van der Waals surface area contributed by atoms with Crippen LogP contribution in [0.3, 0.4) is 0 Å². The number of H-pyrrole nitrogens is 3. The van der Waals surface area contributed by atoms with E-state index in [0.717, 1.165) is 0 Å². The Morgan fingerprint density at radius 3 is 3.20 bits per heavy atom. The van der Waals surface area contributed by atoms with Gasteiger partial charge in [0.1, 0.15) is 0 Å². The molecule has 0 saturated carbocycles. The Bertz CT molecular complexity index is 401. The number of aromatic nitrogens is 5. The van der Waals surface area contributed by atoms with E-state index in [0.29, 0.717) is 11.0 Å². The van der Waals surface area contributed by atoms with Gasteiger partial charge >= 0.3 is 5.56 Å². The summed E-state index contributed by atoms with van der Waals surface area (Å²) in [6.45, 7) is 0. The Kier molecular flexibility index (Phi) is 0.830. The van der Waals surface area contributed by atoms with Crippen LogP contribution in [0.1, 0.15) is 0 Å². The molecule has 0 unspecified atom stereocenters. The van der Waals surface area contributed by atoms with Gasteiger partial charge in [0, 0.05) is 0 Å². The fourth-order valence-electron chi connectivity index (χ4n) is 0.736. The van der Waals surface area contributed by atoms with E-state index < -0.39 is 0 Å². The highest BCUT2D eigenvalue weighted by molar-refractivity contribution is 5.69. The van der Waals surface area contributed by atoms with Crippen molar-refractivity contribution in [1.82, 2.24) is 20.5 Å². The molecule has 10 heavy (non-hydrogen) atoms. The number of hydrogen-bond donors (Lipinski definition) is 2. The summed E-state index contributed by atoms with van der Waals surface area (Å²) in [6, 6.07) is 0. The van der Waals surface area contributed by atoms with Gasteiger partial charge in [0.05, 0.1) is 0 Å². The molecule has 0 fully saturated rings. The lowest BCUT2D eigenvalue weighted by atomic mass is 10.5. The van der Waals surface area contributed by atoms with Gasteiger partial charge in [-0.1, -0.05) is 0 Å². The highest BCUT2D eigenvalue weighted by atomic mass is 16.1. The lowest BCUT2D eigenvalue weighted by Gasteiger charge is -1.73. The molecule has 0 spiro atoms. The van der Waals surface area contributed by atoms with Gasteiger partial charge in [-0.3, -0.25) is 4.79 Å². The lowest BCUT2D eigenvalue weighted by Crippen LogP contribution is -2.20. The van der Waals surface area contributed by atoms with Gasteiger partial charge in [-0.25, -0.2) is 0 Å². The zero-order chi connectivity index (χ0) is 6.97. The molecule has 0 bridgehead atoms. The number of fused-ring (bicyclic) bond motifs is 1. The summed E-state index contributed by atoms with van der Waals surface area (Å²) >= 11 is 0. The molecule has 50 valence electrons. The first kappa shape index (κ1) is 5.10. The van der Waals surface area contributed by atoms with Crippen LogP contribution in [-0.4, -0.2) is 20.5 Å². The van der Waals surface area contributed by atoms with Crippen LogP contribution in [0.4, 0.5) is 0 Å². The van der Waals surface area contributed by atoms with E-state index in [1.807, 2.05) is 0 Å². The van der Waals surface area contributed by atoms with Crippen molar-refractivity contribution in [2.75, 3.05) is 0 Å². The van der Waals surface area contributed by atoms with Crippen molar-refractivity contribution in [3.8, 4) is 0 Å². The molecule has 2 aromatic heterocycles. The summed E-state index contributed by atoms with van der Waals surface area (Å²) in [6.07, 6.45) is 1.56. The van der Waals surface area contributed by atoms with E-state index >= 15 is 0 Å². The molecule has 0 atom stereocenters. The Hall–Kier alpha value is -1.72. The van der Waals surface area contributed by atoms with Crippen molar-refractivity contribution in [3.05, 3.63) is 16.6 Å². The Morgan fingerprint density at radius 1 is 1.50 bits per heavy atom. The summed E-state index contributed by atoms with van der Waals surface area (Å²) < 4.78 is 0. The number of nitrogens with one attached hydrogen (secondary N) is 3. The number of nitrogens with zero attached hydrogens (tertiary/aromatic N) is 2. The summed E-state index contributed by atoms with van der Waals surface area (Å²) in [5.74, 6) is 0. The lowest BCUT2D eigenvalue weighted by molar-refractivity contribution is -0.455. The molecule has 0 aliphatic carbocycles. The van der Waals surface area contributed by atoms with E-state index in [1.54, 1.807) is 6.20 Å². The largest absolute Gasteiger partial charge is 0.327 e. The first-order chi connectivity index (χ1) is 4.88. The second kappa shape index (κ2) is 1.63. The number of aromatic amines is 3. The fourth-order valence-corrected chi connectivity index (χ4v) is 0.736. The smallest absolute Gasteiger partial charge is 0.262 e. The standard InChI is InChI=1S/C4H3N5O/c10-4-3-2(1-5-8-4)6-9-7-3/h1H,(H,8,10)(H,6,7,9)/p+1. The predicted molar refractivity (Wildman–Crippen MR) is 31.1 cm³/mol. The Morgan fingerprint density at radius 2 is 2.40 bits per heavy atom. The van der Waals surface area contributed by atoms with Crippen LogP contribution in [0.25, 0.3) is 11.0 Å². The maximum absolute atomic E-state index is 10.8. The normalized spacial score (nSPS) is 10.4. The Labute approximate surface area is 54.3 Å². The minimum Gasteiger partial charge on any atom is -0.262 e. The van der Waals surface area contributed by atoms with Crippen molar-refractivity contribution in [2.24, 2.45) is 0 Å². The van der Waals surface area contributed by atoms with Gasteiger partial charge in [-0.2, -0.15) is 5.21 Å². The topological polar surface area (TPSA) is 88.6 Å². The molecular weight excluding hydrogens is 134 g/mol. The molecule has 0 amide bonds. The fraction of sp³-hybridized carbons (Fsp3) is 0. The predicted octanol–water partition coefficient (Wildman–Crippen LogP) is -1.54. The molecule has 2 aromatic rings. The molecule has 0 aliphatic rings. The molecule has 0 radical (unpaired) electrons. The average molecular weight is 138 g/mol. The average Bonchev–Trinajstić information content (AvgIpc) is 2.36. The molecule has 0 aliphatic heterocycles. The molecule has 0 saturated heterocycles. The van der Waals surface area contributed by atoms with Crippen molar-refractivity contribution in [1.29, 1.82) is 0 Å². The van der Waals surface area contributed by atoms with Gasteiger partial charge < -0.3 is 0 Å². The van der Waals surface area contributed by atoms with E-state index in [4.69, 9.17) is 0 Å². The SMILES string of the molecule is O=c1[nH][nH+]cc2n[nH]nc12. The van der Waals surface area contributed by atoms with Crippen molar-refractivity contribution in [2.45, 2.75) is 0 Å². The molecule has 2 heterocycles. The highest BCUT2D eigenvalue weighted by Crippen LogP contribution is 1.92. The van der Waals surface area contributed by atoms with Crippen LogP contribution in [0.15, 0.2) is 11.0 Å². The highest BCUT2D eigenvalue weighted by Gasteiger charge is 2.03. The molecule has 3 N–H and O–H groups in total. The molecule has 0 aromatic carbocycles. The van der Waals surface area contributed by atoms with Crippen LogP contribution in [0.5, 0.6) is 0 Å². The summed E-state index contributed by atoms with van der Waals surface area (Å²) in [7, 11) is 0. The molecule has 6 heteroatoms. The van der Waals surface area contributed by atoms with Gasteiger partial charge in [0.2, 0.25) is 6.20 Å². The first-order valence-corrected chi connectivity index (χ1v) is 2.68. The van der Waals surface area contributed by atoms with Gasteiger partial charge in [0.15, 0.2) is 11.0 Å². The van der Waals surface area contributed by atoms with Crippen LogP contribution in [0, 0.1) is 0 Å². The van der Waals surface area contributed by atoms with Crippen molar-refractivity contribution < 1.29 is 5.10 Å². The zero-order valence-corrected chi connectivity index (χ0v) is 4.88. The third-order valence-electron chi connectivity index (χ3n) is 1.18. The first-order valence-electron chi connectivity index (χ1n) is 2.68. The van der Waals surface area contributed by atoms with Crippen LogP contribution >= 0.6 is 0 Å². The van der Waals surface area contributed by atoms with E-state index in [1.165, 1.54) is 0 Å². The summed E-state index contributed by atoms with van der Waals surface area (Å²) in [5.41, 5.74) is 0.578. The maximum atomic E-state index is 10.8. The van der Waals surface area contributed by atoms with Crippen LogP contribution in [0.2, 0.25) is 0 Å². The third kappa shape index (κ3) is 0.524.